The van der Waals surface area contributed by atoms with Crippen molar-refractivity contribution >= 4 is 48.3 Å². The molecule has 3 aromatic carbocycles. The van der Waals surface area contributed by atoms with Crippen molar-refractivity contribution in [1.29, 1.82) is 0 Å². The van der Waals surface area contributed by atoms with Crippen molar-refractivity contribution < 1.29 is 22.3 Å². The number of piperazine rings is 1. The molecule has 0 atom stereocenters. The van der Waals surface area contributed by atoms with E-state index in [2.05, 4.69) is 19.8 Å². The van der Waals surface area contributed by atoms with Crippen molar-refractivity contribution in [1.82, 2.24) is 15.2 Å². The Hall–Kier alpha value is -3.74. The lowest BCUT2D eigenvalue weighted by atomic mass is 10.2. The van der Waals surface area contributed by atoms with Gasteiger partial charge >= 0.3 is 0 Å². The van der Waals surface area contributed by atoms with Gasteiger partial charge in [-0.2, -0.15) is 0 Å². The minimum absolute atomic E-state index is 0.0679. The molecule has 12 heteroatoms. The number of carbonyl (C=O) groups excluding carboxylic acids is 1. The Kier molecular flexibility index (Phi) is 7.96. The van der Waals surface area contributed by atoms with Crippen molar-refractivity contribution in [3.05, 3.63) is 78.1 Å². The van der Waals surface area contributed by atoms with Crippen LogP contribution in [0.1, 0.15) is 10.4 Å². The summed E-state index contributed by atoms with van der Waals surface area (Å²) in [6, 6.07) is 16.7. The largest absolute Gasteiger partial charge is 0.494 e. The molecule has 1 fully saturated rings. The molecular formula is C27H28FN5O4S2. The number of sulfonamides is 1. The number of methoxy groups -OCH3 is 1. The monoisotopic (exact) mass is 569 g/mol. The number of benzene rings is 3. The highest BCUT2D eigenvalue weighted by Gasteiger charge is 2.21. The number of hydrogen-bond acceptors (Lipinski definition) is 8. The number of carbonyl (C=O) groups is 1. The van der Waals surface area contributed by atoms with Gasteiger partial charge in [0, 0.05) is 50.5 Å². The molecule has 5 rings (SSSR count). The second-order valence-electron chi connectivity index (χ2n) is 9.03. The molecule has 0 spiro atoms. The lowest BCUT2D eigenvalue weighted by molar-refractivity contribution is 0.0947. The third-order valence-corrected chi connectivity index (χ3v) is 8.93. The van der Waals surface area contributed by atoms with E-state index < -0.39 is 15.8 Å². The number of anilines is 2. The normalized spacial score (nSPS) is 14.4. The highest BCUT2D eigenvalue weighted by atomic mass is 32.2. The minimum Gasteiger partial charge on any atom is -0.494 e. The van der Waals surface area contributed by atoms with Crippen LogP contribution in [-0.4, -0.2) is 70.6 Å². The standard InChI is InChI=1S/C27H28FN5O4S2/c1-37-23-6-3-7-24-25(23)30-27(38-24)33-16-14-32(15-17-33)13-12-29-26(34)19-4-2-5-21(18-19)31-39(35,36)22-10-8-20(28)9-11-22/h2-11,18,31H,12-17H2,1H3,(H,29,34). The predicted molar refractivity (Wildman–Crippen MR) is 151 cm³/mol. The SMILES string of the molecule is COc1cccc2sc(N3CCN(CCNC(=O)c4cccc(NS(=O)(=O)c5ccc(F)cc5)c4)CC3)nc12. The van der Waals surface area contributed by atoms with E-state index in [-0.39, 0.29) is 16.5 Å². The van der Waals surface area contributed by atoms with E-state index >= 15 is 0 Å². The van der Waals surface area contributed by atoms with Crippen molar-refractivity contribution in [2.75, 3.05) is 56.0 Å². The van der Waals surface area contributed by atoms with E-state index in [4.69, 9.17) is 9.72 Å². The summed E-state index contributed by atoms with van der Waals surface area (Å²) in [5, 5.41) is 3.89. The van der Waals surface area contributed by atoms with Crippen molar-refractivity contribution in [3.63, 3.8) is 0 Å². The van der Waals surface area contributed by atoms with Gasteiger partial charge in [0.25, 0.3) is 15.9 Å². The van der Waals surface area contributed by atoms with Gasteiger partial charge in [0.15, 0.2) is 5.13 Å². The number of halogens is 1. The fraction of sp³-hybridized carbons (Fsp3) is 0.259. The Labute approximate surface area is 230 Å². The third-order valence-electron chi connectivity index (χ3n) is 6.45. The molecule has 1 aliphatic heterocycles. The zero-order valence-corrected chi connectivity index (χ0v) is 22.9. The first-order valence-corrected chi connectivity index (χ1v) is 14.7. The molecule has 0 unspecified atom stereocenters. The van der Waals surface area contributed by atoms with Gasteiger partial charge in [-0.25, -0.2) is 17.8 Å². The maximum Gasteiger partial charge on any atom is 0.261 e. The number of nitrogens with zero attached hydrogens (tertiary/aromatic N) is 3. The average Bonchev–Trinajstić information content (AvgIpc) is 3.38. The number of aromatic nitrogens is 1. The first kappa shape index (κ1) is 26.9. The summed E-state index contributed by atoms with van der Waals surface area (Å²) in [6.07, 6.45) is 0. The average molecular weight is 570 g/mol. The molecule has 4 aromatic rings. The Bertz CT molecular complexity index is 1570. The van der Waals surface area contributed by atoms with Crippen molar-refractivity contribution in [3.8, 4) is 5.75 Å². The second-order valence-corrected chi connectivity index (χ2v) is 11.7. The Morgan fingerprint density at radius 1 is 1.05 bits per heavy atom. The quantitative estimate of drug-likeness (QED) is 0.316. The Morgan fingerprint density at radius 2 is 1.79 bits per heavy atom. The zero-order valence-electron chi connectivity index (χ0n) is 21.3. The van der Waals surface area contributed by atoms with Gasteiger partial charge in [0.2, 0.25) is 0 Å². The topological polar surface area (TPSA) is 104 Å². The van der Waals surface area contributed by atoms with Crippen molar-refractivity contribution in [2.24, 2.45) is 0 Å². The summed E-state index contributed by atoms with van der Waals surface area (Å²) in [4.78, 5) is 22.0. The molecule has 1 amide bonds. The number of para-hydroxylation sites is 1. The smallest absolute Gasteiger partial charge is 0.261 e. The maximum absolute atomic E-state index is 13.1. The zero-order chi connectivity index (χ0) is 27.4. The molecule has 204 valence electrons. The van der Waals surface area contributed by atoms with Gasteiger partial charge < -0.3 is 15.0 Å². The molecule has 1 aromatic heterocycles. The fourth-order valence-electron chi connectivity index (χ4n) is 4.36. The van der Waals surface area contributed by atoms with Crippen LogP contribution in [0.15, 0.2) is 71.6 Å². The molecule has 0 bridgehead atoms. The van der Waals surface area contributed by atoms with Crippen LogP contribution in [0.2, 0.25) is 0 Å². The van der Waals surface area contributed by atoms with E-state index in [1.807, 2.05) is 18.2 Å². The number of amides is 1. The Morgan fingerprint density at radius 3 is 2.54 bits per heavy atom. The number of hydrogen-bond donors (Lipinski definition) is 2. The lowest BCUT2D eigenvalue weighted by Crippen LogP contribution is -2.48. The van der Waals surface area contributed by atoms with E-state index in [0.717, 1.165) is 59.4 Å². The molecule has 1 aliphatic rings. The fourth-order valence-corrected chi connectivity index (χ4v) is 6.44. The van der Waals surface area contributed by atoms with Gasteiger partial charge in [-0.15, -0.1) is 0 Å². The van der Waals surface area contributed by atoms with Gasteiger partial charge in [0.05, 0.1) is 16.7 Å². The molecule has 39 heavy (non-hydrogen) atoms. The summed E-state index contributed by atoms with van der Waals surface area (Å²) >= 11 is 1.66. The van der Waals surface area contributed by atoms with Crippen LogP contribution in [-0.2, 0) is 10.0 Å². The number of fused-ring (bicyclic) bond motifs is 1. The van der Waals surface area contributed by atoms with E-state index in [0.29, 0.717) is 18.7 Å². The van der Waals surface area contributed by atoms with Crippen molar-refractivity contribution in [2.45, 2.75) is 4.90 Å². The third kappa shape index (κ3) is 6.29. The van der Waals surface area contributed by atoms with Crippen LogP contribution < -0.4 is 19.7 Å². The van der Waals surface area contributed by atoms with Crippen LogP contribution in [0, 0.1) is 5.82 Å². The summed E-state index contributed by atoms with van der Waals surface area (Å²) in [5.74, 6) is -0.0381. The number of nitrogens with one attached hydrogen (secondary N) is 2. The summed E-state index contributed by atoms with van der Waals surface area (Å²) in [7, 11) is -2.26. The van der Waals surface area contributed by atoms with Crippen LogP contribution in [0.4, 0.5) is 15.2 Å². The van der Waals surface area contributed by atoms with Gasteiger partial charge in [-0.3, -0.25) is 14.4 Å². The number of rotatable bonds is 9. The van der Waals surface area contributed by atoms with Crippen LogP contribution in [0.5, 0.6) is 5.75 Å². The molecule has 0 saturated carbocycles. The van der Waals surface area contributed by atoms with Crippen LogP contribution in [0.3, 0.4) is 0 Å². The molecule has 0 aliphatic carbocycles. The first-order chi connectivity index (χ1) is 18.8. The van der Waals surface area contributed by atoms with Gasteiger partial charge in [-0.1, -0.05) is 23.5 Å². The minimum atomic E-state index is -3.91. The van der Waals surface area contributed by atoms with Gasteiger partial charge in [-0.05, 0) is 54.6 Å². The van der Waals surface area contributed by atoms with Gasteiger partial charge in [0.1, 0.15) is 17.1 Å². The number of thiazole rings is 1. The highest BCUT2D eigenvalue weighted by molar-refractivity contribution is 7.92. The second kappa shape index (κ2) is 11.6. The van der Waals surface area contributed by atoms with Crippen LogP contribution >= 0.6 is 11.3 Å². The molecule has 2 N–H and O–H groups in total. The molecular weight excluding hydrogens is 541 g/mol. The molecule has 1 saturated heterocycles. The maximum atomic E-state index is 13.1. The number of ether oxygens (including phenoxy) is 1. The van der Waals surface area contributed by atoms with E-state index in [1.165, 1.54) is 18.2 Å². The molecule has 9 nitrogen and oxygen atoms in total. The molecule has 2 heterocycles. The van der Waals surface area contributed by atoms with E-state index in [9.17, 15) is 17.6 Å². The first-order valence-electron chi connectivity index (χ1n) is 12.4. The summed E-state index contributed by atoms with van der Waals surface area (Å²) in [6.45, 7) is 4.54. The van der Waals surface area contributed by atoms with E-state index in [1.54, 1.807) is 36.6 Å². The summed E-state index contributed by atoms with van der Waals surface area (Å²) in [5.41, 5.74) is 1.47. The summed E-state index contributed by atoms with van der Waals surface area (Å²) < 4.78 is 47.3. The highest BCUT2D eigenvalue weighted by Crippen LogP contribution is 2.34. The lowest BCUT2D eigenvalue weighted by Gasteiger charge is -2.34. The van der Waals surface area contributed by atoms with Crippen LogP contribution in [0.25, 0.3) is 10.2 Å². The Balaban J connectivity index is 1.11. The predicted octanol–water partition coefficient (Wildman–Crippen LogP) is 3.80. The molecule has 0 radical (unpaired) electrons.